The van der Waals surface area contributed by atoms with Crippen LogP contribution in [0.3, 0.4) is 0 Å². The molecule has 0 atom stereocenters. The molecule has 1 heterocycles. The molecule has 138 valence electrons. The van der Waals surface area contributed by atoms with E-state index in [2.05, 4.69) is 43.1 Å². The first-order valence-corrected chi connectivity index (χ1v) is 10.9. The van der Waals surface area contributed by atoms with E-state index in [0.29, 0.717) is 5.41 Å². The monoisotopic (exact) mass is 339 g/mol. The Hall–Kier alpha value is -1.24. The largest absolute Gasteiger partial charge is 0.358 e. The molecule has 0 unspecified atom stereocenters. The van der Waals surface area contributed by atoms with Gasteiger partial charge in [-0.3, -0.25) is 0 Å². The second-order valence-corrected chi connectivity index (χ2v) is 8.28. The van der Waals surface area contributed by atoms with Gasteiger partial charge in [-0.15, -0.1) is 0 Å². The fourth-order valence-corrected chi connectivity index (χ4v) is 5.05. The molecular formula is C24H37N. The summed E-state index contributed by atoms with van der Waals surface area (Å²) in [5, 5.41) is 1.49. The van der Waals surface area contributed by atoms with Crippen LogP contribution in [-0.2, 0) is 11.8 Å². The van der Waals surface area contributed by atoms with Crippen LogP contribution < -0.4 is 0 Å². The number of aryl methyl sites for hydroxylation is 1. The highest BCUT2D eigenvalue weighted by molar-refractivity contribution is 5.85. The second-order valence-electron chi connectivity index (χ2n) is 8.28. The van der Waals surface area contributed by atoms with Gasteiger partial charge in [0.2, 0.25) is 0 Å². The summed E-state index contributed by atoms with van der Waals surface area (Å²) in [5.41, 5.74) is 5.05. The first-order chi connectivity index (χ1) is 12.3. The van der Waals surface area contributed by atoms with E-state index in [9.17, 15) is 0 Å². The van der Waals surface area contributed by atoms with Gasteiger partial charge in [0, 0.05) is 22.0 Å². The Morgan fingerprint density at radius 1 is 0.880 bits per heavy atom. The Labute approximate surface area is 154 Å². The summed E-state index contributed by atoms with van der Waals surface area (Å²) in [6, 6.07) is 8.98. The van der Waals surface area contributed by atoms with Gasteiger partial charge in [0.05, 0.1) is 0 Å². The van der Waals surface area contributed by atoms with Gasteiger partial charge in [-0.2, -0.15) is 0 Å². The predicted molar refractivity (Wildman–Crippen MR) is 110 cm³/mol. The lowest BCUT2D eigenvalue weighted by molar-refractivity contribution is 0.283. The average molecular weight is 340 g/mol. The van der Waals surface area contributed by atoms with Crippen molar-refractivity contribution >= 4 is 10.9 Å². The fraction of sp³-hybridized carbons (Fsp3) is 0.667. The Morgan fingerprint density at radius 2 is 1.56 bits per heavy atom. The number of rotatable bonds is 10. The molecular weight excluding hydrogens is 302 g/mol. The van der Waals surface area contributed by atoms with Crippen LogP contribution in [0.25, 0.3) is 10.9 Å². The second kappa shape index (κ2) is 8.92. The number of hydrogen-bond acceptors (Lipinski definition) is 0. The molecule has 0 spiro atoms. The zero-order valence-corrected chi connectivity index (χ0v) is 16.5. The first-order valence-electron chi connectivity index (χ1n) is 10.9. The summed E-state index contributed by atoms with van der Waals surface area (Å²) in [4.78, 5) is 3.89. The minimum absolute atomic E-state index is 0.425. The molecule has 1 nitrogen and oxygen atoms in total. The minimum atomic E-state index is 0.425. The molecule has 0 amide bonds. The van der Waals surface area contributed by atoms with Gasteiger partial charge in [-0.05, 0) is 43.7 Å². The number of fused-ring (bicyclic) bond motifs is 3. The number of unbranched alkanes of at least 4 members (excludes halogenated alkanes) is 6. The van der Waals surface area contributed by atoms with Gasteiger partial charge in [-0.25, -0.2) is 0 Å². The Morgan fingerprint density at radius 3 is 2.24 bits per heavy atom. The SMILES string of the molecule is CCCCCCC1(CCCCCC)CCCc2c1[nH]c1ccccc21. The van der Waals surface area contributed by atoms with Crippen molar-refractivity contribution < 1.29 is 0 Å². The molecule has 1 aliphatic carbocycles. The van der Waals surface area contributed by atoms with E-state index >= 15 is 0 Å². The van der Waals surface area contributed by atoms with Crippen LogP contribution in [0.2, 0.25) is 0 Å². The quantitative estimate of drug-likeness (QED) is 0.427. The lowest BCUT2D eigenvalue weighted by Gasteiger charge is -2.38. The van der Waals surface area contributed by atoms with Crippen LogP contribution in [0.4, 0.5) is 0 Å². The van der Waals surface area contributed by atoms with Crippen LogP contribution in [0.15, 0.2) is 24.3 Å². The van der Waals surface area contributed by atoms with E-state index in [1.165, 1.54) is 94.4 Å². The van der Waals surface area contributed by atoms with E-state index in [1.807, 2.05) is 0 Å². The van der Waals surface area contributed by atoms with Crippen molar-refractivity contribution in [3.05, 3.63) is 35.5 Å². The fourth-order valence-electron chi connectivity index (χ4n) is 5.05. The van der Waals surface area contributed by atoms with E-state index in [-0.39, 0.29) is 0 Å². The molecule has 1 N–H and O–H groups in total. The smallest absolute Gasteiger partial charge is 0.0459 e. The summed E-state index contributed by atoms with van der Waals surface area (Å²) < 4.78 is 0. The summed E-state index contributed by atoms with van der Waals surface area (Å²) in [6.07, 6.45) is 17.9. The number of para-hydroxylation sites is 1. The molecule has 25 heavy (non-hydrogen) atoms. The molecule has 0 radical (unpaired) electrons. The van der Waals surface area contributed by atoms with Crippen LogP contribution in [0.1, 0.15) is 102 Å². The van der Waals surface area contributed by atoms with E-state index in [0.717, 1.165) is 0 Å². The number of benzene rings is 1. The molecule has 3 rings (SSSR count). The first kappa shape index (κ1) is 18.5. The van der Waals surface area contributed by atoms with Gasteiger partial charge >= 0.3 is 0 Å². The zero-order valence-electron chi connectivity index (χ0n) is 16.5. The molecule has 0 saturated carbocycles. The standard InChI is InChI=1S/C24H37N/c1-3-5-7-11-17-24(18-12-8-6-4-2)19-13-15-21-20-14-9-10-16-22(20)25-23(21)24/h9-10,14,16,25H,3-8,11-13,15,17-19H2,1-2H3. The van der Waals surface area contributed by atoms with Gasteiger partial charge in [-0.1, -0.05) is 83.4 Å². The maximum absolute atomic E-state index is 3.89. The van der Waals surface area contributed by atoms with Gasteiger partial charge in [0.15, 0.2) is 0 Å². The Balaban J connectivity index is 1.86. The number of nitrogens with one attached hydrogen (secondary N) is 1. The zero-order chi connectivity index (χ0) is 17.5. The average Bonchev–Trinajstić information content (AvgIpc) is 3.03. The van der Waals surface area contributed by atoms with Gasteiger partial charge < -0.3 is 4.98 Å². The normalized spacial score (nSPS) is 16.2. The van der Waals surface area contributed by atoms with Crippen LogP contribution in [0.5, 0.6) is 0 Å². The molecule has 1 aromatic heterocycles. The molecule has 0 fully saturated rings. The topological polar surface area (TPSA) is 15.8 Å². The molecule has 2 aromatic rings. The molecule has 0 bridgehead atoms. The summed E-state index contributed by atoms with van der Waals surface area (Å²) in [6.45, 7) is 4.63. The number of hydrogen-bond donors (Lipinski definition) is 1. The number of aromatic nitrogens is 1. The van der Waals surface area contributed by atoms with Crippen molar-refractivity contribution in [2.75, 3.05) is 0 Å². The Bertz CT molecular complexity index is 639. The van der Waals surface area contributed by atoms with Crippen LogP contribution in [0, 0.1) is 0 Å². The van der Waals surface area contributed by atoms with Crippen LogP contribution in [-0.4, -0.2) is 4.98 Å². The molecule has 1 aliphatic rings. The molecule has 0 saturated heterocycles. The van der Waals surface area contributed by atoms with E-state index < -0.39 is 0 Å². The minimum Gasteiger partial charge on any atom is -0.358 e. The van der Waals surface area contributed by atoms with Gasteiger partial charge in [0.25, 0.3) is 0 Å². The third-order valence-electron chi connectivity index (χ3n) is 6.44. The maximum atomic E-state index is 3.89. The maximum Gasteiger partial charge on any atom is 0.0459 e. The molecule has 1 aromatic carbocycles. The summed E-state index contributed by atoms with van der Waals surface area (Å²) >= 11 is 0. The Kier molecular flexibility index (Phi) is 6.62. The lowest BCUT2D eigenvalue weighted by Crippen LogP contribution is -2.31. The van der Waals surface area contributed by atoms with E-state index in [4.69, 9.17) is 0 Å². The highest BCUT2D eigenvalue weighted by atomic mass is 14.8. The highest BCUT2D eigenvalue weighted by Gasteiger charge is 2.37. The molecule has 1 heteroatoms. The molecule has 0 aliphatic heterocycles. The van der Waals surface area contributed by atoms with Gasteiger partial charge in [0.1, 0.15) is 0 Å². The van der Waals surface area contributed by atoms with Crippen molar-refractivity contribution in [1.29, 1.82) is 0 Å². The van der Waals surface area contributed by atoms with Crippen molar-refractivity contribution in [3.63, 3.8) is 0 Å². The summed E-state index contributed by atoms with van der Waals surface area (Å²) in [7, 11) is 0. The van der Waals surface area contributed by atoms with Crippen molar-refractivity contribution in [2.45, 2.75) is 103 Å². The van der Waals surface area contributed by atoms with Crippen molar-refractivity contribution in [3.8, 4) is 0 Å². The van der Waals surface area contributed by atoms with Crippen molar-refractivity contribution in [2.24, 2.45) is 0 Å². The van der Waals surface area contributed by atoms with Crippen LogP contribution >= 0.6 is 0 Å². The van der Waals surface area contributed by atoms with E-state index in [1.54, 1.807) is 11.3 Å². The number of aromatic amines is 1. The predicted octanol–water partition coefficient (Wildman–Crippen LogP) is 7.68. The van der Waals surface area contributed by atoms with Crippen molar-refractivity contribution in [1.82, 2.24) is 4.98 Å². The third kappa shape index (κ3) is 4.13. The summed E-state index contributed by atoms with van der Waals surface area (Å²) in [5.74, 6) is 0. The lowest BCUT2D eigenvalue weighted by atomic mass is 9.67. The highest BCUT2D eigenvalue weighted by Crippen LogP contribution is 2.46. The third-order valence-corrected chi connectivity index (χ3v) is 6.44. The number of H-pyrrole nitrogens is 1.